The van der Waals surface area contributed by atoms with E-state index in [4.69, 9.17) is 10.8 Å². The minimum Gasteiger partial charge on any atom is -0.397 e. The molecule has 0 aliphatic heterocycles. The van der Waals surface area contributed by atoms with Crippen molar-refractivity contribution in [3.05, 3.63) is 28.6 Å². The highest BCUT2D eigenvalue weighted by atomic mass is 32.1. The Balaban J connectivity index is 1.79. The van der Waals surface area contributed by atoms with E-state index < -0.39 is 0 Å². The Morgan fingerprint density at radius 2 is 2.24 bits per heavy atom. The highest BCUT2D eigenvalue weighted by Gasteiger charge is 2.42. The molecule has 21 heavy (non-hydrogen) atoms. The number of fused-ring (bicyclic) bond motifs is 1. The quantitative estimate of drug-likeness (QED) is 0.795. The van der Waals surface area contributed by atoms with E-state index in [1.54, 1.807) is 0 Å². The van der Waals surface area contributed by atoms with Crippen LogP contribution in [-0.2, 0) is 0 Å². The highest BCUT2D eigenvalue weighted by Crippen LogP contribution is 2.48. The maximum absolute atomic E-state index is 12.4. The van der Waals surface area contributed by atoms with E-state index in [1.807, 2.05) is 25.1 Å². The minimum atomic E-state index is -0.0997. The highest BCUT2D eigenvalue weighted by molar-refractivity contribution is 7.21. The Hall–Kier alpha value is -1.59. The van der Waals surface area contributed by atoms with Crippen LogP contribution in [0.1, 0.15) is 34.5 Å². The summed E-state index contributed by atoms with van der Waals surface area (Å²) in [6.07, 6.45) is 2.91. The fourth-order valence-electron chi connectivity index (χ4n) is 2.73. The predicted octanol–water partition coefficient (Wildman–Crippen LogP) is 2.68. The molecule has 3 rings (SSSR count). The molecule has 1 fully saturated rings. The van der Waals surface area contributed by atoms with E-state index in [0.717, 1.165) is 34.9 Å². The third-order valence-electron chi connectivity index (χ3n) is 4.38. The predicted molar refractivity (Wildman–Crippen MR) is 86.7 cm³/mol. The Morgan fingerprint density at radius 3 is 2.86 bits per heavy atom. The van der Waals surface area contributed by atoms with Gasteiger partial charge in [0.1, 0.15) is 4.88 Å². The van der Waals surface area contributed by atoms with Crippen LogP contribution in [0.4, 0.5) is 5.69 Å². The normalized spacial score (nSPS) is 16.1. The molecule has 0 radical (unpaired) electrons. The number of benzene rings is 1. The smallest absolute Gasteiger partial charge is 0.263 e. The van der Waals surface area contributed by atoms with Crippen LogP contribution in [0.2, 0.25) is 0 Å². The van der Waals surface area contributed by atoms with Crippen molar-refractivity contribution in [2.24, 2.45) is 5.41 Å². The van der Waals surface area contributed by atoms with E-state index in [-0.39, 0.29) is 17.9 Å². The average Bonchev–Trinajstić information content (AvgIpc) is 3.15. The molecule has 1 aromatic heterocycles. The van der Waals surface area contributed by atoms with Crippen LogP contribution in [0.5, 0.6) is 0 Å². The summed E-state index contributed by atoms with van der Waals surface area (Å²) in [6.45, 7) is 2.83. The number of nitrogens with two attached hydrogens (primary N) is 1. The van der Waals surface area contributed by atoms with Crippen molar-refractivity contribution < 1.29 is 9.90 Å². The molecule has 0 bridgehead atoms. The summed E-state index contributed by atoms with van der Waals surface area (Å²) in [7, 11) is 0. The van der Waals surface area contributed by atoms with E-state index in [0.29, 0.717) is 17.1 Å². The van der Waals surface area contributed by atoms with Gasteiger partial charge in [-0.3, -0.25) is 4.79 Å². The molecule has 5 heteroatoms. The number of thiophene rings is 1. The van der Waals surface area contributed by atoms with Crippen molar-refractivity contribution in [1.82, 2.24) is 5.32 Å². The lowest BCUT2D eigenvalue weighted by Gasteiger charge is -2.14. The monoisotopic (exact) mass is 304 g/mol. The number of aryl methyl sites for hydroxylation is 1. The zero-order valence-electron chi connectivity index (χ0n) is 12.1. The summed E-state index contributed by atoms with van der Waals surface area (Å²) in [6, 6.07) is 5.95. The molecular formula is C16H20N2O2S. The lowest BCUT2D eigenvalue weighted by atomic mass is 10.0. The largest absolute Gasteiger partial charge is 0.397 e. The molecule has 1 amide bonds. The Morgan fingerprint density at radius 1 is 1.48 bits per heavy atom. The van der Waals surface area contributed by atoms with Gasteiger partial charge in [0.2, 0.25) is 0 Å². The van der Waals surface area contributed by atoms with E-state index in [1.165, 1.54) is 11.3 Å². The zero-order valence-corrected chi connectivity index (χ0v) is 12.9. The van der Waals surface area contributed by atoms with Gasteiger partial charge in [-0.15, -0.1) is 11.3 Å². The maximum atomic E-state index is 12.4. The van der Waals surface area contributed by atoms with Crippen LogP contribution in [0.3, 0.4) is 0 Å². The molecule has 1 saturated carbocycles. The molecule has 0 spiro atoms. The van der Waals surface area contributed by atoms with Gasteiger partial charge < -0.3 is 16.2 Å². The lowest BCUT2D eigenvalue weighted by molar-refractivity contribution is 0.0945. The van der Waals surface area contributed by atoms with E-state index in [9.17, 15) is 4.79 Å². The van der Waals surface area contributed by atoms with Gasteiger partial charge in [0, 0.05) is 23.2 Å². The first-order valence-corrected chi connectivity index (χ1v) is 8.05. The summed E-state index contributed by atoms with van der Waals surface area (Å²) in [5.74, 6) is -0.0997. The average molecular weight is 304 g/mol. The molecule has 1 aliphatic carbocycles. The van der Waals surface area contributed by atoms with Gasteiger partial charge in [-0.2, -0.15) is 0 Å². The van der Waals surface area contributed by atoms with Gasteiger partial charge in [0.15, 0.2) is 0 Å². The second-order valence-corrected chi connectivity index (χ2v) is 6.97. The minimum absolute atomic E-state index is 0.0997. The van der Waals surface area contributed by atoms with Gasteiger partial charge in [-0.1, -0.05) is 18.2 Å². The third kappa shape index (κ3) is 2.63. The summed E-state index contributed by atoms with van der Waals surface area (Å²) < 4.78 is 1.08. The summed E-state index contributed by atoms with van der Waals surface area (Å²) in [4.78, 5) is 13.0. The third-order valence-corrected chi connectivity index (χ3v) is 5.74. The second kappa shape index (κ2) is 5.31. The standard InChI is InChI=1S/C16H20N2O2S/c1-10-3-2-4-11-12(17)14(21-13(10)11)15(20)18-9-16(5-6-16)7-8-19/h2-4,19H,5-9,17H2,1H3,(H,18,20). The molecule has 4 N–H and O–H groups in total. The number of hydrogen-bond acceptors (Lipinski definition) is 4. The summed E-state index contributed by atoms with van der Waals surface area (Å²) in [5, 5.41) is 13.0. The van der Waals surface area contributed by atoms with Crippen LogP contribution < -0.4 is 11.1 Å². The summed E-state index contributed by atoms with van der Waals surface area (Å²) >= 11 is 1.46. The van der Waals surface area contributed by atoms with E-state index in [2.05, 4.69) is 5.32 Å². The number of nitrogen functional groups attached to an aromatic ring is 1. The number of amides is 1. The molecule has 0 saturated heterocycles. The van der Waals surface area contributed by atoms with Crippen molar-refractivity contribution >= 4 is 33.0 Å². The number of rotatable bonds is 5. The molecule has 1 aliphatic rings. The first-order chi connectivity index (χ1) is 10.1. The van der Waals surface area contributed by atoms with Crippen LogP contribution in [0.15, 0.2) is 18.2 Å². The number of aliphatic hydroxyl groups is 1. The zero-order chi connectivity index (χ0) is 15.0. The van der Waals surface area contributed by atoms with Gasteiger partial charge >= 0.3 is 0 Å². The number of anilines is 1. The van der Waals surface area contributed by atoms with Gasteiger partial charge in [-0.05, 0) is 37.2 Å². The number of nitrogens with one attached hydrogen (secondary N) is 1. The second-order valence-electron chi connectivity index (χ2n) is 5.95. The van der Waals surface area contributed by atoms with Crippen LogP contribution in [-0.4, -0.2) is 24.2 Å². The Kier molecular flexibility index (Phi) is 3.63. The van der Waals surface area contributed by atoms with Crippen LogP contribution >= 0.6 is 11.3 Å². The van der Waals surface area contributed by atoms with Crippen molar-refractivity contribution in [2.75, 3.05) is 18.9 Å². The molecule has 4 nitrogen and oxygen atoms in total. The molecule has 1 heterocycles. The van der Waals surface area contributed by atoms with Crippen LogP contribution in [0, 0.1) is 12.3 Å². The van der Waals surface area contributed by atoms with Crippen molar-refractivity contribution in [1.29, 1.82) is 0 Å². The van der Waals surface area contributed by atoms with Gasteiger partial charge in [0.05, 0.1) is 5.69 Å². The van der Waals surface area contributed by atoms with Crippen LogP contribution in [0.25, 0.3) is 10.1 Å². The Bertz CT molecular complexity index is 689. The first kappa shape index (κ1) is 14.4. The molecule has 0 atom stereocenters. The maximum Gasteiger partial charge on any atom is 0.263 e. The molecular weight excluding hydrogens is 284 g/mol. The fourth-order valence-corrected chi connectivity index (χ4v) is 3.83. The first-order valence-electron chi connectivity index (χ1n) is 7.23. The SMILES string of the molecule is Cc1cccc2c(N)c(C(=O)NCC3(CCO)CC3)sc12. The number of hydrogen-bond donors (Lipinski definition) is 3. The fraction of sp³-hybridized carbons (Fsp3) is 0.438. The Labute approximate surface area is 128 Å². The molecule has 0 unspecified atom stereocenters. The lowest BCUT2D eigenvalue weighted by Crippen LogP contribution is -2.30. The van der Waals surface area contributed by atoms with Gasteiger partial charge in [0.25, 0.3) is 5.91 Å². The number of carbonyl (C=O) groups excluding carboxylic acids is 1. The number of carbonyl (C=O) groups is 1. The van der Waals surface area contributed by atoms with Crippen molar-refractivity contribution in [2.45, 2.75) is 26.2 Å². The molecule has 1 aromatic carbocycles. The molecule has 2 aromatic rings. The topological polar surface area (TPSA) is 75.4 Å². The molecule has 112 valence electrons. The van der Waals surface area contributed by atoms with Gasteiger partial charge in [-0.25, -0.2) is 0 Å². The van der Waals surface area contributed by atoms with E-state index >= 15 is 0 Å². The number of aliphatic hydroxyl groups excluding tert-OH is 1. The van der Waals surface area contributed by atoms with Crippen molar-refractivity contribution in [3.63, 3.8) is 0 Å². The summed E-state index contributed by atoms with van der Waals surface area (Å²) in [5.41, 5.74) is 7.96. The van der Waals surface area contributed by atoms with Crippen molar-refractivity contribution in [3.8, 4) is 0 Å².